The first-order valence-corrected chi connectivity index (χ1v) is 22.7. The molecular weight excluding hydrogens is 761 g/mol. The van der Waals surface area contributed by atoms with Crippen molar-refractivity contribution in [2.24, 2.45) is 0 Å². The Kier molecular flexibility index (Phi) is 13.3. The van der Waals surface area contributed by atoms with E-state index in [1.54, 1.807) is 0 Å². The number of fused-ring (bicyclic) bond motifs is 2. The van der Waals surface area contributed by atoms with Crippen LogP contribution in [0.3, 0.4) is 0 Å². The SMILES string of the molecule is CC(C)N(C(C)C)P(OCCC#N)OCCCCCCN1c2cc3oc(=O)cc(C(F)(F)F)c3cc2C(C[As]2(=O)OC(C)(C)C(C)(C)O2)=CC1(C)C. The Hall–Kier alpha value is -2.16. The van der Waals surface area contributed by atoms with Gasteiger partial charge in [0.1, 0.15) is 0 Å². The molecule has 3 heterocycles. The van der Waals surface area contributed by atoms with Gasteiger partial charge in [-0.2, -0.15) is 5.26 Å². The molecule has 0 radical (unpaired) electrons. The second-order valence-electron chi connectivity index (χ2n) is 15.6. The number of hydrogen-bond donors (Lipinski definition) is 0. The number of nitriles is 1. The third-order valence-corrected chi connectivity index (χ3v) is 16.4. The molecular formula is C37H54AsF3N3O7P. The maximum absolute atomic E-state index is 14.2. The molecule has 1 aromatic carbocycles. The number of unbranched alkanes of at least 4 members (excludes halogenated alkanes) is 3. The number of nitrogens with zero attached hydrogens (tertiary/aromatic N) is 3. The molecule has 290 valence electrons. The number of rotatable bonds is 16. The van der Waals surface area contributed by atoms with E-state index in [4.69, 9.17) is 26.2 Å². The topological polar surface area (TPSA) is 114 Å². The molecule has 10 nitrogen and oxygen atoms in total. The number of alkyl halides is 3. The van der Waals surface area contributed by atoms with Crippen molar-refractivity contribution in [3.05, 3.63) is 45.8 Å². The van der Waals surface area contributed by atoms with Gasteiger partial charge in [-0.05, 0) is 27.7 Å². The molecule has 2 aliphatic rings. The van der Waals surface area contributed by atoms with E-state index in [1.807, 2.05) is 47.6 Å². The molecule has 2 aromatic rings. The van der Waals surface area contributed by atoms with Gasteiger partial charge >= 0.3 is 229 Å². The van der Waals surface area contributed by atoms with E-state index >= 15 is 0 Å². The molecule has 0 N–H and O–H groups in total. The zero-order valence-electron chi connectivity index (χ0n) is 32.1. The average Bonchev–Trinajstić information content (AvgIpc) is 3.15. The van der Waals surface area contributed by atoms with Crippen LogP contribution in [0.25, 0.3) is 16.5 Å². The van der Waals surface area contributed by atoms with Gasteiger partial charge in [0.05, 0.1) is 19.1 Å². The molecule has 2 aliphatic heterocycles. The number of anilines is 1. The van der Waals surface area contributed by atoms with Crippen LogP contribution in [0.4, 0.5) is 18.9 Å². The first-order valence-electron chi connectivity index (χ1n) is 17.9. The first-order chi connectivity index (χ1) is 24.0. The van der Waals surface area contributed by atoms with Crippen LogP contribution in [0.2, 0.25) is 5.21 Å². The van der Waals surface area contributed by atoms with Gasteiger partial charge in [0.2, 0.25) is 0 Å². The Morgan fingerprint density at radius 2 is 1.54 bits per heavy atom. The van der Waals surface area contributed by atoms with Crippen LogP contribution in [0.1, 0.15) is 112 Å². The fourth-order valence-electron chi connectivity index (χ4n) is 6.73. The van der Waals surface area contributed by atoms with E-state index in [9.17, 15) is 21.7 Å². The molecule has 1 unspecified atom stereocenters. The van der Waals surface area contributed by atoms with Crippen LogP contribution in [0, 0.1) is 11.3 Å². The molecule has 52 heavy (non-hydrogen) atoms. The third kappa shape index (κ3) is 9.73. The molecule has 0 spiro atoms. The number of halogens is 3. The Morgan fingerprint density at radius 3 is 2.12 bits per heavy atom. The first kappa shape index (κ1) is 42.6. The van der Waals surface area contributed by atoms with Crippen molar-refractivity contribution in [1.82, 2.24) is 4.67 Å². The summed E-state index contributed by atoms with van der Waals surface area (Å²) in [5.74, 6) is 0. The summed E-state index contributed by atoms with van der Waals surface area (Å²) in [5, 5.41) is 8.64. The van der Waals surface area contributed by atoms with Crippen molar-refractivity contribution in [3.63, 3.8) is 0 Å². The normalized spacial score (nSPS) is 19.7. The van der Waals surface area contributed by atoms with Crippen LogP contribution in [0.15, 0.2) is 33.5 Å². The Labute approximate surface area is 309 Å². The van der Waals surface area contributed by atoms with Crippen molar-refractivity contribution >= 4 is 44.9 Å². The summed E-state index contributed by atoms with van der Waals surface area (Å²) < 4.78 is 88.7. The molecule has 0 aliphatic carbocycles. The number of hydrogen-bond acceptors (Lipinski definition) is 10. The van der Waals surface area contributed by atoms with Crippen molar-refractivity contribution in [2.75, 3.05) is 24.7 Å². The van der Waals surface area contributed by atoms with Gasteiger partial charge in [-0.15, -0.1) is 0 Å². The summed E-state index contributed by atoms with van der Waals surface area (Å²) in [6.45, 7) is 21.0. The second-order valence-corrected chi connectivity index (χ2v) is 21.0. The monoisotopic (exact) mass is 815 g/mol. The van der Waals surface area contributed by atoms with Crippen LogP contribution in [0.5, 0.6) is 0 Å². The van der Waals surface area contributed by atoms with Gasteiger partial charge in [0.25, 0.3) is 8.53 Å². The van der Waals surface area contributed by atoms with E-state index in [2.05, 4.69) is 43.3 Å². The standard InChI is InChI=1S/C37H54AsF3N3O7P/c1-25(2)44(26(3)4)52(48-19-15-16-42)47-18-14-12-11-13-17-43-31-22-32-29(30(37(39,40)41)21-33(45)49-32)20-28(31)27(23-34(43,5)6)24-38(46)50-35(7,8)36(9,10)51-38/h20-23,25-26H,11-15,17-19,24H2,1-10H3. The molecule has 0 saturated carbocycles. The summed E-state index contributed by atoms with van der Waals surface area (Å²) in [7, 11) is -1.31. The Bertz CT molecular complexity index is 1740. The van der Waals surface area contributed by atoms with Gasteiger partial charge in [0.15, 0.2) is 0 Å². The third-order valence-electron chi connectivity index (χ3n) is 9.71. The Balaban J connectivity index is 1.56. The summed E-state index contributed by atoms with van der Waals surface area (Å²) in [5.41, 5.74) is -3.04. The minimum atomic E-state index is -4.79. The fourth-order valence-corrected chi connectivity index (χ4v) is 14.0. The van der Waals surface area contributed by atoms with Gasteiger partial charge in [0, 0.05) is 12.1 Å². The maximum atomic E-state index is 14.2. The van der Waals surface area contributed by atoms with E-state index in [1.165, 1.54) is 12.1 Å². The molecule has 1 saturated heterocycles. The van der Waals surface area contributed by atoms with Crippen LogP contribution in [-0.2, 0) is 26.4 Å². The van der Waals surface area contributed by atoms with Crippen LogP contribution >= 0.6 is 8.53 Å². The summed E-state index contributed by atoms with van der Waals surface area (Å²) in [4.78, 5) is 14.4. The Morgan fingerprint density at radius 1 is 0.942 bits per heavy atom. The van der Waals surface area contributed by atoms with Gasteiger partial charge in [-0.3, -0.25) is 0 Å². The quantitative estimate of drug-likeness (QED) is 0.0703. The van der Waals surface area contributed by atoms with Gasteiger partial charge in [-0.1, -0.05) is 0 Å². The predicted octanol–water partition coefficient (Wildman–Crippen LogP) is 9.62. The summed E-state index contributed by atoms with van der Waals surface area (Å²) >= 11 is -4.50. The predicted molar refractivity (Wildman–Crippen MR) is 198 cm³/mol. The summed E-state index contributed by atoms with van der Waals surface area (Å²) in [6, 6.07) is 5.90. The van der Waals surface area contributed by atoms with E-state index in [0.29, 0.717) is 49.1 Å². The molecule has 1 atom stereocenters. The van der Waals surface area contributed by atoms with Crippen molar-refractivity contribution in [2.45, 2.75) is 142 Å². The van der Waals surface area contributed by atoms with E-state index in [-0.39, 0.29) is 28.3 Å². The minimum absolute atomic E-state index is 0.0766. The zero-order valence-corrected chi connectivity index (χ0v) is 34.8. The van der Waals surface area contributed by atoms with Gasteiger partial charge < -0.3 is 4.52 Å². The molecule has 1 fully saturated rings. The van der Waals surface area contributed by atoms with Gasteiger partial charge in [-0.25, -0.2) is 4.67 Å². The fraction of sp³-hybridized carbons (Fsp3) is 0.676. The van der Waals surface area contributed by atoms with E-state index in [0.717, 1.165) is 25.7 Å². The van der Waals surface area contributed by atoms with E-state index < -0.39 is 56.8 Å². The molecule has 0 amide bonds. The van der Waals surface area contributed by atoms with Crippen molar-refractivity contribution in [3.8, 4) is 6.07 Å². The molecule has 0 bridgehead atoms. The molecule has 15 heteroatoms. The van der Waals surface area contributed by atoms with Crippen LogP contribution < -0.4 is 10.5 Å². The van der Waals surface area contributed by atoms with Crippen molar-refractivity contribution < 1.29 is 37.8 Å². The van der Waals surface area contributed by atoms with Crippen LogP contribution in [-0.4, -0.2) is 67.4 Å². The second kappa shape index (κ2) is 16.3. The number of allylic oxidation sites excluding steroid dienone is 1. The number of benzene rings is 1. The van der Waals surface area contributed by atoms with Crippen molar-refractivity contribution in [1.29, 1.82) is 5.26 Å². The average molecular weight is 816 g/mol. The summed E-state index contributed by atoms with van der Waals surface area (Å²) in [6.07, 6.45) is 0.745. The molecule has 4 rings (SSSR count). The molecule has 1 aromatic heterocycles. The zero-order chi connectivity index (χ0) is 38.9.